The summed E-state index contributed by atoms with van der Waals surface area (Å²) < 4.78 is 17.0. The van der Waals surface area contributed by atoms with E-state index in [4.69, 9.17) is 14.2 Å². The minimum atomic E-state index is -0.771. The van der Waals surface area contributed by atoms with E-state index in [1.54, 1.807) is 0 Å². The Morgan fingerprint density at radius 2 is 0.476 bits per heavy atom. The van der Waals surface area contributed by atoms with E-state index in [9.17, 15) is 14.4 Å². The standard InChI is InChI=1S/C76H136O6/c1-4-7-10-13-16-19-22-24-26-28-30-32-33-34-35-36-37-38-39-40-41-42-43-44-46-47-49-51-54-57-60-63-66-69-75(78)81-72-73(71-80-74(77)68-65-62-59-56-53-21-18-15-12-9-6-3)82-76(79)70-67-64-61-58-55-52-50-48-45-31-29-27-25-23-20-17-14-11-8-5-2/h7,10,16,19,24,26,30,32,34-35,37-38,73H,4-6,8-9,11-15,17-18,20-23,25,27-29,31,33,36,39-72H2,1-3H3/b10-7-,19-16-,26-24-,32-30-,35-34-,38-37-. The van der Waals surface area contributed by atoms with Crippen LogP contribution in [-0.4, -0.2) is 37.2 Å². The Morgan fingerprint density at radius 3 is 0.744 bits per heavy atom. The normalized spacial score (nSPS) is 12.5. The molecule has 0 bridgehead atoms. The molecule has 0 aliphatic rings. The summed E-state index contributed by atoms with van der Waals surface area (Å²) in [5, 5.41) is 0. The second-order valence-corrected chi connectivity index (χ2v) is 24.1. The molecule has 0 saturated heterocycles. The molecular formula is C76H136O6. The molecule has 0 aromatic carbocycles. The molecule has 1 atom stereocenters. The highest BCUT2D eigenvalue weighted by molar-refractivity contribution is 5.71. The third kappa shape index (κ3) is 67.6. The van der Waals surface area contributed by atoms with Gasteiger partial charge in [0.25, 0.3) is 0 Å². The third-order valence-corrected chi connectivity index (χ3v) is 16.0. The zero-order chi connectivity index (χ0) is 59.2. The van der Waals surface area contributed by atoms with Crippen LogP contribution in [0.3, 0.4) is 0 Å². The van der Waals surface area contributed by atoms with Crippen molar-refractivity contribution in [1.29, 1.82) is 0 Å². The smallest absolute Gasteiger partial charge is 0.306 e. The molecule has 0 spiro atoms. The number of carbonyl (C=O) groups excluding carboxylic acids is 3. The quantitative estimate of drug-likeness (QED) is 0.0261. The van der Waals surface area contributed by atoms with Crippen molar-refractivity contribution in [3.8, 4) is 0 Å². The average Bonchev–Trinajstić information content (AvgIpc) is 3.47. The van der Waals surface area contributed by atoms with Gasteiger partial charge >= 0.3 is 17.9 Å². The van der Waals surface area contributed by atoms with Crippen LogP contribution >= 0.6 is 0 Å². The van der Waals surface area contributed by atoms with E-state index in [1.165, 1.54) is 238 Å². The fourth-order valence-electron chi connectivity index (χ4n) is 10.6. The molecule has 6 nitrogen and oxygen atoms in total. The molecule has 0 aromatic rings. The van der Waals surface area contributed by atoms with E-state index in [-0.39, 0.29) is 31.1 Å². The van der Waals surface area contributed by atoms with Crippen LogP contribution in [0.5, 0.6) is 0 Å². The topological polar surface area (TPSA) is 78.9 Å². The molecule has 0 radical (unpaired) electrons. The molecule has 0 N–H and O–H groups in total. The molecule has 82 heavy (non-hydrogen) atoms. The largest absolute Gasteiger partial charge is 0.462 e. The first-order chi connectivity index (χ1) is 40.5. The van der Waals surface area contributed by atoms with Gasteiger partial charge in [-0.05, 0) is 70.6 Å². The molecule has 0 saturated carbocycles. The molecule has 0 amide bonds. The minimum absolute atomic E-state index is 0.0680. The van der Waals surface area contributed by atoms with E-state index in [0.717, 1.165) is 96.3 Å². The number of hydrogen-bond acceptors (Lipinski definition) is 6. The number of carbonyl (C=O) groups is 3. The molecule has 6 heteroatoms. The molecule has 0 aliphatic heterocycles. The average molecular weight is 1150 g/mol. The summed E-state index contributed by atoms with van der Waals surface area (Å²) in [5.74, 6) is -0.844. The fraction of sp³-hybridized carbons (Fsp3) is 0.803. The highest BCUT2D eigenvalue weighted by Crippen LogP contribution is 2.18. The van der Waals surface area contributed by atoms with Gasteiger partial charge in [0.2, 0.25) is 0 Å². The Hall–Kier alpha value is -3.15. The van der Waals surface area contributed by atoms with Crippen LogP contribution in [0.2, 0.25) is 0 Å². The maximum absolute atomic E-state index is 12.9. The van der Waals surface area contributed by atoms with Crippen LogP contribution in [0.1, 0.15) is 374 Å². The second kappa shape index (κ2) is 70.3. The molecule has 476 valence electrons. The van der Waals surface area contributed by atoms with Gasteiger partial charge in [-0.25, -0.2) is 0 Å². The first-order valence-electron chi connectivity index (χ1n) is 35.9. The lowest BCUT2D eigenvalue weighted by Crippen LogP contribution is -2.30. The summed E-state index contributed by atoms with van der Waals surface area (Å²) in [6.07, 6.45) is 92.3. The van der Waals surface area contributed by atoms with Crippen molar-refractivity contribution >= 4 is 17.9 Å². The Kier molecular flexibility index (Phi) is 67.6. The lowest BCUT2D eigenvalue weighted by atomic mass is 10.0. The summed E-state index contributed by atoms with van der Waals surface area (Å²) in [5.41, 5.74) is 0. The monoisotopic (exact) mass is 1150 g/mol. The van der Waals surface area contributed by atoms with Gasteiger partial charge in [0.05, 0.1) is 0 Å². The number of ether oxygens (including phenoxy) is 3. The van der Waals surface area contributed by atoms with Gasteiger partial charge in [-0.3, -0.25) is 14.4 Å². The Labute approximate surface area is 510 Å². The van der Waals surface area contributed by atoms with Crippen molar-refractivity contribution in [1.82, 2.24) is 0 Å². The van der Waals surface area contributed by atoms with Crippen LogP contribution in [-0.2, 0) is 28.6 Å². The number of allylic oxidation sites excluding steroid dienone is 12. The number of unbranched alkanes of at least 4 members (excludes halogenated alkanes) is 43. The summed E-state index contributed by atoms with van der Waals surface area (Å²) in [7, 11) is 0. The zero-order valence-corrected chi connectivity index (χ0v) is 54.8. The predicted molar refractivity (Wildman–Crippen MR) is 358 cm³/mol. The lowest BCUT2D eigenvalue weighted by molar-refractivity contribution is -0.167. The minimum Gasteiger partial charge on any atom is -0.462 e. The van der Waals surface area contributed by atoms with Crippen molar-refractivity contribution in [2.24, 2.45) is 0 Å². The Balaban J connectivity index is 4.14. The van der Waals surface area contributed by atoms with Gasteiger partial charge in [0.1, 0.15) is 13.2 Å². The van der Waals surface area contributed by atoms with Gasteiger partial charge in [0.15, 0.2) is 6.10 Å². The third-order valence-electron chi connectivity index (χ3n) is 16.0. The Morgan fingerprint density at radius 1 is 0.256 bits per heavy atom. The maximum Gasteiger partial charge on any atom is 0.306 e. The van der Waals surface area contributed by atoms with E-state index in [0.29, 0.717) is 19.3 Å². The molecule has 0 fully saturated rings. The molecule has 0 rings (SSSR count). The van der Waals surface area contributed by atoms with Gasteiger partial charge in [-0.2, -0.15) is 0 Å². The number of esters is 3. The maximum atomic E-state index is 12.9. The first kappa shape index (κ1) is 78.8. The van der Waals surface area contributed by atoms with E-state index in [2.05, 4.69) is 93.7 Å². The van der Waals surface area contributed by atoms with Crippen LogP contribution in [0, 0.1) is 0 Å². The second-order valence-electron chi connectivity index (χ2n) is 24.1. The van der Waals surface area contributed by atoms with E-state index in [1.807, 2.05) is 0 Å². The molecule has 0 aromatic heterocycles. The molecule has 0 aliphatic carbocycles. The summed E-state index contributed by atoms with van der Waals surface area (Å²) in [6.45, 7) is 6.58. The lowest BCUT2D eigenvalue weighted by Gasteiger charge is -2.18. The number of hydrogen-bond donors (Lipinski definition) is 0. The van der Waals surface area contributed by atoms with Gasteiger partial charge in [-0.15, -0.1) is 0 Å². The van der Waals surface area contributed by atoms with Crippen molar-refractivity contribution in [3.63, 3.8) is 0 Å². The summed E-state index contributed by atoms with van der Waals surface area (Å²) in [4.78, 5) is 38.4. The van der Waals surface area contributed by atoms with Crippen LogP contribution in [0.4, 0.5) is 0 Å². The molecular weight excluding hydrogens is 1010 g/mol. The first-order valence-corrected chi connectivity index (χ1v) is 35.9. The highest BCUT2D eigenvalue weighted by Gasteiger charge is 2.19. The van der Waals surface area contributed by atoms with E-state index >= 15 is 0 Å². The highest BCUT2D eigenvalue weighted by atomic mass is 16.6. The van der Waals surface area contributed by atoms with Crippen LogP contribution in [0.25, 0.3) is 0 Å². The summed E-state index contributed by atoms with van der Waals surface area (Å²) in [6, 6.07) is 0. The van der Waals surface area contributed by atoms with Crippen molar-refractivity contribution in [2.45, 2.75) is 380 Å². The van der Waals surface area contributed by atoms with Crippen molar-refractivity contribution in [3.05, 3.63) is 72.9 Å². The summed E-state index contributed by atoms with van der Waals surface area (Å²) >= 11 is 0. The predicted octanol–water partition coefficient (Wildman–Crippen LogP) is 24.8. The zero-order valence-electron chi connectivity index (χ0n) is 54.8. The Bertz CT molecular complexity index is 1500. The fourth-order valence-corrected chi connectivity index (χ4v) is 10.6. The van der Waals surface area contributed by atoms with Crippen molar-refractivity contribution in [2.75, 3.05) is 13.2 Å². The SMILES string of the molecule is CC/C=C\C/C=C\C/C=C\C/C=C\C/C=C\C/C=C\CCCCCCCCCCCCCCCCC(=O)OCC(COC(=O)CCCCCCCCCCCCC)OC(=O)CCCCCCCCCCCCCCCCCCCCCC. The van der Waals surface area contributed by atoms with Crippen molar-refractivity contribution < 1.29 is 28.6 Å². The van der Waals surface area contributed by atoms with Gasteiger partial charge in [-0.1, -0.05) is 357 Å². The van der Waals surface area contributed by atoms with Gasteiger partial charge in [0, 0.05) is 19.3 Å². The van der Waals surface area contributed by atoms with E-state index < -0.39 is 6.10 Å². The van der Waals surface area contributed by atoms with Gasteiger partial charge < -0.3 is 14.2 Å². The van der Waals surface area contributed by atoms with Crippen LogP contribution < -0.4 is 0 Å². The molecule has 0 heterocycles. The number of rotatable bonds is 66. The van der Waals surface area contributed by atoms with Crippen LogP contribution in [0.15, 0.2) is 72.9 Å². The molecule has 1 unspecified atom stereocenters.